The van der Waals surface area contributed by atoms with Gasteiger partial charge in [-0.1, -0.05) is 12.8 Å². The second kappa shape index (κ2) is 8.75. The zero-order valence-electron chi connectivity index (χ0n) is 13.8. The first-order valence-electron chi connectivity index (χ1n) is 7.71. The van der Waals surface area contributed by atoms with Gasteiger partial charge in [-0.3, -0.25) is 0 Å². The zero-order valence-corrected chi connectivity index (χ0v) is 14.6. The molecule has 0 saturated carbocycles. The normalized spacial score (nSPS) is 12.3. The van der Waals surface area contributed by atoms with Gasteiger partial charge in [0.05, 0.1) is 10.7 Å². The van der Waals surface area contributed by atoms with E-state index in [9.17, 15) is 0 Å². The van der Waals surface area contributed by atoms with Crippen molar-refractivity contribution in [1.82, 2.24) is 15.2 Å². The molecule has 116 valence electrons. The molecule has 0 spiro atoms. The van der Waals surface area contributed by atoms with Gasteiger partial charge in [0.1, 0.15) is 0 Å². The van der Waals surface area contributed by atoms with Crippen LogP contribution in [0.4, 0.5) is 0 Å². The molecule has 0 aromatic carbocycles. The molecule has 0 saturated heterocycles. The molecule has 0 aliphatic heterocycles. The highest BCUT2D eigenvalue weighted by molar-refractivity contribution is 7.09. The second-order valence-electron chi connectivity index (χ2n) is 6.69. The summed E-state index contributed by atoms with van der Waals surface area (Å²) in [7, 11) is 2.19. The van der Waals surface area contributed by atoms with Crippen LogP contribution in [0, 0.1) is 6.92 Å². The van der Waals surface area contributed by atoms with E-state index in [1.54, 1.807) is 11.3 Å². The van der Waals surface area contributed by atoms with Gasteiger partial charge in [0, 0.05) is 17.5 Å². The molecule has 0 fully saturated rings. The number of thiazole rings is 1. The SMILES string of the molecule is Cc1nc(CN(C)CCCCCCNC(C)(C)C)cs1. The van der Waals surface area contributed by atoms with Crippen molar-refractivity contribution in [3.63, 3.8) is 0 Å². The Hall–Kier alpha value is -0.450. The number of nitrogens with zero attached hydrogens (tertiary/aromatic N) is 2. The fourth-order valence-corrected chi connectivity index (χ4v) is 2.76. The Morgan fingerprint density at radius 3 is 2.50 bits per heavy atom. The van der Waals surface area contributed by atoms with Gasteiger partial charge in [-0.05, 0) is 60.7 Å². The van der Waals surface area contributed by atoms with Gasteiger partial charge in [0.2, 0.25) is 0 Å². The summed E-state index contributed by atoms with van der Waals surface area (Å²) in [5.41, 5.74) is 1.47. The van der Waals surface area contributed by atoms with Gasteiger partial charge in [0.15, 0.2) is 0 Å². The first-order chi connectivity index (χ1) is 9.37. The summed E-state index contributed by atoms with van der Waals surface area (Å²) >= 11 is 1.74. The van der Waals surface area contributed by atoms with E-state index in [0.29, 0.717) is 0 Å². The van der Waals surface area contributed by atoms with E-state index in [-0.39, 0.29) is 5.54 Å². The van der Waals surface area contributed by atoms with Gasteiger partial charge >= 0.3 is 0 Å². The summed E-state index contributed by atoms with van der Waals surface area (Å²) in [5.74, 6) is 0. The summed E-state index contributed by atoms with van der Waals surface area (Å²) < 4.78 is 0. The molecule has 3 nitrogen and oxygen atoms in total. The molecule has 0 aliphatic rings. The number of hydrogen-bond acceptors (Lipinski definition) is 4. The van der Waals surface area contributed by atoms with Gasteiger partial charge in [-0.2, -0.15) is 0 Å². The van der Waals surface area contributed by atoms with Crippen LogP contribution in [0.3, 0.4) is 0 Å². The minimum Gasteiger partial charge on any atom is -0.312 e. The Balaban J connectivity index is 1.98. The molecule has 0 radical (unpaired) electrons. The molecule has 1 rings (SSSR count). The summed E-state index contributed by atoms with van der Waals surface area (Å²) in [6.07, 6.45) is 5.22. The van der Waals surface area contributed by atoms with Crippen LogP contribution in [0.5, 0.6) is 0 Å². The van der Waals surface area contributed by atoms with Crippen molar-refractivity contribution in [3.8, 4) is 0 Å². The van der Waals surface area contributed by atoms with Gasteiger partial charge in [0.25, 0.3) is 0 Å². The molecular weight excluding hydrogens is 266 g/mol. The predicted molar refractivity (Wildman–Crippen MR) is 89.4 cm³/mol. The highest BCUT2D eigenvalue weighted by atomic mass is 32.1. The topological polar surface area (TPSA) is 28.2 Å². The third-order valence-corrected chi connectivity index (χ3v) is 4.04. The first-order valence-corrected chi connectivity index (χ1v) is 8.59. The first kappa shape index (κ1) is 17.6. The molecule has 0 atom stereocenters. The van der Waals surface area contributed by atoms with Crippen LogP contribution in [-0.4, -0.2) is 35.6 Å². The molecule has 1 aromatic rings. The van der Waals surface area contributed by atoms with Crippen LogP contribution in [0.25, 0.3) is 0 Å². The molecule has 1 heterocycles. The van der Waals surface area contributed by atoms with E-state index in [4.69, 9.17) is 0 Å². The lowest BCUT2D eigenvalue weighted by Crippen LogP contribution is -2.36. The van der Waals surface area contributed by atoms with Crippen molar-refractivity contribution in [2.24, 2.45) is 0 Å². The highest BCUT2D eigenvalue weighted by Gasteiger charge is 2.07. The number of hydrogen-bond donors (Lipinski definition) is 1. The van der Waals surface area contributed by atoms with Crippen LogP contribution in [-0.2, 0) is 6.54 Å². The number of rotatable bonds is 9. The molecule has 0 amide bonds. The minimum absolute atomic E-state index is 0.256. The van der Waals surface area contributed by atoms with E-state index in [0.717, 1.165) is 13.1 Å². The van der Waals surface area contributed by atoms with E-state index < -0.39 is 0 Å². The Labute approximate surface area is 128 Å². The van der Waals surface area contributed by atoms with Crippen LogP contribution in [0.15, 0.2) is 5.38 Å². The number of nitrogens with one attached hydrogen (secondary N) is 1. The maximum Gasteiger partial charge on any atom is 0.0897 e. The van der Waals surface area contributed by atoms with Gasteiger partial charge < -0.3 is 10.2 Å². The van der Waals surface area contributed by atoms with Crippen molar-refractivity contribution in [2.75, 3.05) is 20.1 Å². The molecule has 0 aliphatic carbocycles. The predicted octanol–water partition coefficient (Wildman–Crippen LogP) is 3.83. The van der Waals surface area contributed by atoms with E-state index in [1.807, 2.05) is 0 Å². The fraction of sp³-hybridized carbons (Fsp3) is 0.812. The second-order valence-corrected chi connectivity index (χ2v) is 7.75. The van der Waals surface area contributed by atoms with E-state index >= 15 is 0 Å². The lowest BCUT2D eigenvalue weighted by atomic mass is 10.1. The van der Waals surface area contributed by atoms with Crippen molar-refractivity contribution in [1.29, 1.82) is 0 Å². The monoisotopic (exact) mass is 297 g/mol. The van der Waals surface area contributed by atoms with Gasteiger partial charge in [-0.15, -0.1) is 11.3 Å². The zero-order chi connectivity index (χ0) is 15.0. The standard InChI is InChI=1S/C16H31N3S/c1-14-18-15(13-20-14)12-19(5)11-9-7-6-8-10-17-16(2,3)4/h13,17H,6-12H2,1-5H3. The maximum absolute atomic E-state index is 4.51. The van der Waals surface area contributed by atoms with Crippen LogP contribution >= 0.6 is 11.3 Å². The molecule has 4 heteroatoms. The minimum atomic E-state index is 0.256. The number of unbranched alkanes of at least 4 members (excludes halogenated alkanes) is 3. The van der Waals surface area contributed by atoms with Crippen molar-refractivity contribution >= 4 is 11.3 Å². The quantitative estimate of drug-likeness (QED) is 0.702. The summed E-state index contributed by atoms with van der Waals surface area (Å²) in [4.78, 5) is 6.89. The largest absolute Gasteiger partial charge is 0.312 e. The molecule has 1 N–H and O–H groups in total. The van der Waals surface area contributed by atoms with Crippen molar-refractivity contribution in [3.05, 3.63) is 16.1 Å². The van der Waals surface area contributed by atoms with Crippen LogP contribution in [0.1, 0.15) is 57.2 Å². The lowest BCUT2D eigenvalue weighted by molar-refractivity contribution is 0.312. The van der Waals surface area contributed by atoms with Crippen LogP contribution in [0.2, 0.25) is 0 Å². The van der Waals surface area contributed by atoms with Gasteiger partial charge in [-0.25, -0.2) is 4.98 Å². The summed E-state index contributed by atoms with van der Waals surface area (Å²) in [5, 5.41) is 6.88. The number of aryl methyl sites for hydroxylation is 1. The number of aromatic nitrogens is 1. The Morgan fingerprint density at radius 1 is 1.20 bits per heavy atom. The molecule has 0 bridgehead atoms. The average Bonchev–Trinajstić information content (AvgIpc) is 2.72. The average molecular weight is 298 g/mol. The highest BCUT2D eigenvalue weighted by Crippen LogP contribution is 2.10. The third kappa shape index (κ3) is 8.67. The lowest BCUT2D eigenvalue weighted by Gasteiger charge is -2.20. The Morgan fingerprint density at radius 2 is 1.90 bits per heavy atom. The van der Waals surface area contributed by atoms with E-state index in [2.05, 4.69) is 55.3 Å². The van der Waals surface area contributed by atoms with Crippen molar-refractivity contribution < 1.29 is 0 Å². The molecule has 20 heavy (non-hydrogen) atoms. The van der Waals surface area contributed by atoms with Crippen LogP contribution < -0.4 is 5.32 Å². The molecular formula is C16H31N3S. The Kier molecular flexibility index (Phi) is 7.70. The Bertz CT molecular complexity index is 368. The summed E-state index contributed by atoms with van der Waals surface area (Å²) in [6, 6.07) is 0. The molecule has 1 aromatic heterocycles. The smallest absolute Gasteiger partial charge is 0.0897 e. The van der Waals surface area contributed by atoms with Crippen molar-refractivity contribution in [2.45, 2.75) is 65.5 Å². The maximum atomic E-state index is 4.51. The fourth-order valence-electron chi connectivity index (χ4n) is 2.16. The van der Waals surface area contributed by atoms with E-state index in [1.165, 1.54) is 42.9 Å². The summed E-state index contributed by atoms with van der Waals surface area (Å²) in [6.45, 7) is 12.0. The third-order valence-electron chi connectivity index (χ3n) is 3.22. The molecule has 0 unspecified atom stereocenters.